The Bertz CT molecular complexity index is 596. The first-order valence-corrected chi connectivity index (χ1v) is 7.07. The van der Waals surface area contributed by atoms with E-state index in [-0.39, 0.29) is 5.91 Å². The summed E-state index contributed by atoms with van der Waals surface area (Å²) in [5, 5.41) is 14.5. The van der Waals surface area contributed by atoms with Gasteiger partial charge in [-0.25, -0.2) is 0 Å². The third-order valence-corrected chi connectivity index (χ3v) is 2.89. The molecule has 1 aromatic heterocycles. The minimum atomic E-state index is -0.0577. The summed E-state index contributed by atoms with van der Waals surface area (Å²) >= 11 is 5.82. The molecule has 21 heavy (non-hydrogen) atoms. The summed E-state index contributed by atoms with van der Waals surface area (Å²) in [5.41, 5.74) is 0.866. The van der Waals surface area contributed by atoms with Crippen molar-refractivity contribution in [1.82, 2.24) is 10.2 Å². The Hall–Kier alpha value is -2.14. The Morgan fingerprint density at radius 2 is 1.71 bits per heavy atom. The van der Waals surface area contributed by atoms with Crippen LogP contribution in [0.15, 0.2) is 36.4 Å². The lowest BCUT2D eigenvalue weighted by atomic mass is 10.1. The van der Waals surface area contributed by atoms with Crippen molar-refractivity contribution in [3.05, 3.63) is 41.4 Å². The van der Waals surface area contributed by atoms with Gasteiger partial charge in [-0.3, -0.25) is 4.79 Å². The summed E-state index contributed by atoms with van der Waals surface area (Å²) in [6.07, 6.45) is 0.465. The molecule has 0 radical (unpaired) electrons. The molecule has 0 saturated heterocycles. The summed E-state index contributed by atoms with van der Waals surface area (Å²) in [4.78, 5) is 11.6. The zero-order valence-corrected chi connectivity index (χ0v) is 12.7. The molecule has 1 heterocycles. The second-order valence-electron chi connectivity index (χ2n) is 5.08. The molecular formula is C15H17ClN4O. The third-order valence-electron chi connectivity index (χ3n) is 2.64. The van der Waals surface area contributed by atoms with Crippen molar-refractivity contribution in [2.75, 3.05) is 10.6 Å². The molecule has 1 aromatic carbocycles. The van der Waals surface area contributed by atoms with Crippen molar-refractivity contribution in [2.45, 2.75) is 20.3 Å². The van der Waals surface area contributed by atoms with Gasteiger partial charge in [0.2, 0.25) is 5.91 Å². The zero-order chi connectivity index (χ0) is 15.2. The van der Waals surface area contributed by atoms with Crippen LogP contribution in [0.4, 0.5) is 17.3 Å². The van der Waals surface area contributed by atoms with Crippen LogP contribution < -0.4 is 10.6 Å². The van der Waals surface area contributed by atoms with E-state index in [0.29, 0.717) is 29.0 Å². The summed E-state index contributed by atoms with van der Waals surface area (Å²) in [6, 6.07) is 10.7. The summed E-state index contributed by atoms with van der Waals surface area (Å²) < 4.78 is 0. The molecule has 2 N–H and O–H groups in total. The first-order valence-electron chi connectivity index (χ1n) is 6.69. The number of benzene rings is 1. The normalized spacial score (nSPS) is 10.5. The van der Waals surface area contributed by atoms with Crippen molar-refractivity contribution in [3.8, 4) is 0 Å². The van der Waals surface area contributed by atoms with Gasteiger partial charge in [0.05, 0.1) is 0 Å². The fourth-order valence-electron chi connectivity index (χ4n) is 1.71. The van der Waals surface area contributed by atoms with E-state index in [1.165, 1.54) is 0 Å². The molecule has 110 valence electrons. The smallest absolute Gasteiger partial charge is 0.225 e. The van der Waals surface area contributed by atoms with Gasteiger partial charge in [-0.1, -0.05) is 25.4 Å². The number of aromatic nitrogens is 2. The van der Waals surface area contributed by atoms with E-state index < -0.39 is 0 Å². The molecule has 2 rings (SSSR count). The monoisotopic (exact) mass is 304 g/mol. The highest BCUT2D eigenvalue weighted by atomic mass is 35.5. The Kier molecular flexibility index (Phi) is 5.11. The maximum atomic E-state index is 11.6. The molecule has 0 aliphatic rings. The fourth-order valence-corrected chi connectivity index (χ4v) is 1.84. The largest absolute Gasteiger partial charge is 0.339 e. The van der Waals surface area contributed by atoms with Gasteiger partial charge in [0.25, 0.3) is 0 Å². The molecule has 0 aliphatic carbocycles. The predicted molar refractivity (Wildman–Crippen MR) is 84.9 cm³/mol. The van der Waals surface area contributed by atoms with E-state index in [0.717, 1.165) is 5.69 Å². The van der Waals surface area contributed by atoms with Gasteiger partial charge in [-0.2, -0.15) is 0 Å². The number of halogens is 1. The number of rotatable bonds is 5. The number of anilines is 3. The van der Waals surface area contributed by atoms with Gasteiger partial charge in [0.15, 0.2) is 11.6 Å². The predicted octanol–water partition coefficient (Wildman–Crippen LogP) is 3.86. The average molecular weight is 305 g/mol. The van der Waals surface area contributed by atoms with Crippen LogP contribution in [-0.4, -0.2) is 16.1 Å². The van der Waals surface area contributed by atoms with Crippen LogP contribution in [0.25, 0.3) is 0 Å². The minimum Gasteiger partial charge on any atom is -0.339 e. The number of nitrogens with one attached hydrogen (secondary N) is 2. The SMILES string of the molecule is CC(C)CC(=O)Nc1ccc(Nc2ccc(Cl)cc2)nn1. The van der Waals surface area contributed by atoms with Crippen LogP contribution in [0.1, 0.15) is 20.3 Å². The summed E-state index contributed by atoms with van der Waals surface area (Å²) in [6.45, 7) is 3.98. The number of carbonyl (C=O) groups excluding carboxylic acids is 1. The first kappa shape index (κ1) is 15.3. The van der Waals surface area contributed by atoms with Gasteiger partial charge in [-0.15, -0.1) is 10.2 Å². The molecule has 5 nitrogen and oxygen atoms in total. The highest BCUT2D eigenvalue weighted by Crippen LogP contribution is 2.17. The van der Waals surface area contributed by atoms with Crippen LogP contribution in [-0.2, 0) is 4.79 Å². The molecule has 0 saturated carbocycles. The van der Waals surface area contributed by atoms with Crippen LogP contribution in [0.3, 0.4) is 0 Å². The Morgan fingerprint density at radius 3 is 2.29 bits per heavy atom. The molecule has 1 amide bonds. The lowest BCUT2D eigenvalue weighted by Gasteiger charge is -2.07. The quantitative estimate of drug-likeness (QED) is 0.880. The van der Waals surface area contributed by atoms with Crippen LogP contribution in [0.2, 0.25) is 5.02 Å². The standard InChI is InChI=1S/C15H17ClN4O/c1-10(2)9-15(21)18-14-8-7-13(19-20-14)17-12-5-3-11(16)4-6-12/h3-8,10H,9H2,1-2H3,(H,17,19)(H,18,20,21). The van der Waals surface area contributed by atoms with Crippen molar-refractivity contribution in [3.63, 3.8) is 0 Å². The molecule has 0 aliphatic heterocycles. The topological polar surface area (TPSA) is 66.9 Å². The molecule has 0 bridgehead atoms. The van der Waals surface area contributed by atoms with E-state index in [4.69, 9.17) is 11.6 Å². The van der Waals surface area contributed by atoms with E-state index in [1.54, 1.807) is 24.3 Å². The van der Waals surface area contributed by atoms with Gasteiger partial charge in [-0.05, 0) is 42.3 Å². The molecule has 2 aromatic rings. The number of carbonyl (C=O) groups is 1. The third kappa shape index (κ3) is 5.04. The van der Waals surface area contributed by atoms with Crippen molar-refractivity contribution in [2.24, 2.45) is 5.92 Å². The Labute approximate surface area is 128 Å². The van der Waals surface area contributed by atoms with Crippen molar-refractivity contribution < 1.29 is 4.79 Å². The highest BCUT2D eigenvalue weighted by molar-refractivity contribution is 6.30. The highest BCUT2D eigenvalue weighted by Gasteiger charge is 2.06. The van der Waals surface area contributed by atoms with Gasteiger partial charge in [0.1, 0.15) is 0 Å². The number of hydrogen-bond donors (Lipinski definition) is 2. The maximum absolute atomic E-state index is 11.6. The zero-order valence-electron chi connectivity index (χ0n) is 11.9. The maximum Gasteiger partial charge on any atom is 0.225 e. The van der Waals surface area contributed by atoms with E-state index in [2.05, 4.69) is 20.8 Å². The molecule has 0 unspecified atom stereocenters. The molecule has 6 heteroatoms. The van der Waals surface area contributed by atoms with Crippen molar-refractivity contribution >= 4 is 34.8 Å². The Morgan fingerprint density at radius 1 is 1.10 bits per heavy atom. The average Bonchev–Trinajstić information content (AvgIpc) is 2.42. The van der Waals surface area contributed by atoms with Crippen LogP contribution in [0, 0.1) is 5.92 Å². The lowest BCUT2D eigenvalue weighted by molar-refractivity contribution is -0.116. The summed E-state index contributed by atoms with van der Waals surface area (Å²) in [5.74, 6) is 1.29. The van der Waals surface area contributed by atoms with Gasteiger partial charge >= 0.3 is 0 Å². The van der Waals surface area contributed by atoms with Crippen LogP contribution >= 0.6 is 11.6 Å². The minimum absolute atomic E-state index is 0.0577. The fraction of sp³-hybridized carbons (Fsp3) is 0.267. The molecule has 0 atom stereocenters. The first-order chi connectivity index (χ1) is 10.0. The van der Waals surface area contributed by atoms with E-state index in [1.807, 2.05) is 26.0 Å². The number of hydrogen-bond acceptors (Lipinski definition) is 4. The number of nitrogens with zero attached hydrogens (tertiary/aromatic N) is 2. The molecular weight excluding hydrogens is 288 g/mol. The second kappa shape index (κ2) is 7.04. The molecule has 0 spiro atoms. The number of amides is 1. The van der Waals surface area contributed by atoms with E-state index >= 15 is 0 Å². The van der Waals surface area contributed by atoms with Crippen molar-refractivity contribution in [1.29, 1.82) is 0 Å². The second-order valence-corrected chi connectivity index (χ2v) is 5.52. The van der Waals surface area contributed by atoms with Gasteiger partial charge < -0.3 is 10.6 Å². The van der Waals surface area contributed by atoms with Crippen LogP contribution in [0.5, 0.6) is 0 Å². The van der Waals surface area contributed by atoms with E-state index in [9.17, 15) is 4.79 Å². The van der Waals surface area contributed by atoms with Gasteiger partial charge in [0, 0.05) is 17.1 Å². The summed E-state index contributed by atoms with van der Waals surface area (Å²) in [7, 11) is 0. The molecule has 0 fully saturated rings. The Balaban J connectivity index is 1.95. The lowest BCUT2D eigenvalue weighted by Crippen LogP contribution is -2.15.